The number of benzene rings is 1. The minimum Gasteiger partial charge on any atom is -0.492 e. The Morgan fingerprint density at radius 2 is 2.35 bits per heavy atom. The molecule has 1 aromatic heterocycles. The molecule has 17 heavy (non-hydrogen) atoms. The summed E-state index contributed by atoms with van der Waals surface area (Å²) in [5.74, 6) is 0.743. The zero-order valence-electron chi connectivity index (χ0n) is 9.17. The molecule has 0 amide bonds. The first-order valence-electron chi connectivity index (χ1n) is 5.26. The molecule has 2 N–H and O–H groups in total. The molecule has 0 aliphatic rings. The Kier molecular flexibility index (Phi) is 4.36. The van der Waals surface area contributed by atoms with Crippen LogP contribution in [0.15, 0.2) is 35.8 Å². The second kappa shape index (κ2) is 6.00. The van der Waals surface area contributed by atoms with Gasteiger partial charge in [-0.25, -0.2) is 4.98 Å². The fourth-order valence-corrected chi connectivity index (χ4v) is 2.29. The van der Waals surface area contributed by atoms with Gasteiger partial charge in [-0.3, -0.25) is 0 Å². The van der Waals surface area contributed by atoms with Gasteiger partial charge in [-0.15, -0.1) is 11.3 Å². The Balaban J connectivity index is 1.82. The fraction of sp³-hybridized carbons (Fsp3) is 0.250. The number of rotatable bonds is 5. The lowest BCUT2D eigenvalue weighted by Gasteiger charge is -2.11. The maximum absolute atomic E-state index is 5.96. The second-order valence-corrected chi connectivity index (χ2v) is 5.07. The van der Waals surface area contributed by atoms with E-state index in [9.17, 15) is 0 Å². The molecule has 1 heterocycles. The van der Waals surface area contributed by atoms with Crippen molar-refractivity contribution in [1.29, 1.82) is 0 Å². The number of nitrogens with two attached hydrogens (primary N) is 1. The summed E-state index contributed by atoms with van der Waals surface area (Å²) < 4.78 is 5.56. The number of aromatic nitrogens is 1. The Morgan fingerprint density at radius 1 is 1.47 bits per heavy atom. The SMILES string of the molecule is NC(COc1cccc(Cl)c1)Cc1nccs1. The predicted octanol–water partition coefficient (Wildman–Crippen LogP) is 2.75. The van der Waals surface area contributed by atoms with Crippen molar-refractivity contribution in [2.24, 2.45) is 5.73 Å². The summed E-state index contributed by atoms with van der Waals surface area (Å²) in [4.78, 5) is 4.19. The third-order valence-electron chi connectivity index (χ3n) is 2.18. The highest BCUT2D eigenvalue weighted by molar-refractivity contribution is 7.09. The van der Waals surface area contributed by atoms with Crippen molar-refractivity contribution in [3.05, 3.63) is 45.9 Å². The zero-order valence-corrected chi connectivity index (χ0v) is 10.7. The van der Waals surface area contributed by atoms with Crippen LogP contribution in [0.3, 0.4) is 0 Å². The molecular weight excluding hydrogens is 256 g/mol. The van der Waals surface area contributed by atoms with E-state index < -0.39 is 0 Å². The molecule has 0 bridgehead atoms. The summed E-state index contributed by atoms with van der Waals surface area (Å²) >= 11 is 7.46. The molecule has 1 unspecified atom stereocenters. The number of halogens is 1. The maximum Gasteiger partial charge on any atom is 0.120 e. The molecule has 1 atom stereocenters. The molecule has 0 radical (unpaired) electrons. The molecule has 0 spiro atoms. The van der Waals surface area contributed by atoms with Crippen LogP contribution in [-0.2, 0) is 6.42 Å². The van der Waals surface area contributed by atoms with Crippen LogP contribution in [-0.4, -0.2) is 17.6 Å². The van der Waals surface area contributed by atoms with Crippen LogP contribution in [0.25, 0.3) is 0 Å². The largest absolute Gasteiger partial charge is 0.492 e. The van der Waals surface area contributed by atoms with Crippen molar-refractivity contribution in [1.82, 2.24) is 4.98 Å². The molecule has 0 aliphatic heterocycles. The summed E-state index contributed by atoms with van der Waals surface area (Å²) in [6.45, 7) is 0.458. The third-order valence-corrected chi connectivity index (χ3v) is 3.22. The van der Waals surface area contributed by atoms with E-state index in [1.807, 2.05) is 23.6 Å². The van der Waals surface area contributed by atoms with Gasteiger partial charge in [0.1, 0.15) is 12.4 Å². The van der Waals surface area contributed by atoms with E-state index in [2.05, 4.69) is 4.98 Å². The van der Waals surface area contributed by atoms with Crippen molar-refractivity contribution < 1.29 is 4.74 Å². The standard InChI is InChI=1S/C12H13ClN2OS/c13-9-2-1-3-11(6-9)16-8-10(14)7-12-15-4-5-17-12/h1-6,10H,7-8,14H2. The third kappa shape index (κ3) is 4.00. The first kappa shape index (κ1) is 12.4. The van der Waals surface area contributed by atoms with E-state index in [0.29, 0.717) is 11.6 Å². The van der Waals surface area contributed by atoms with Crippen LogP contribution in [0.2, 0.25) is 5.02 Å². The van der Waals surface area contributed by atoms with Crippen LogP contribution < -0.4 is 10.5 Å². The molecule has 5 heteroatoms. The van der Waals surface area contributed by atoms with Crippen LogP contribution in [0, 0.1) is 0 Å². The Hall–Kier alpha value is -1.10. The van der Waals surface area contributed by atoms with Crippen LogP contribution in [0.5, 0.6) is 5.75 Å². The Labute approximate surface area is 109 Å². The fourth-order valence-electron chi connectivity index (χ4n) is 1.40. The number of hydrogen-bond donors (Lipinski definition) is 1. The average molecular weight is 269 g/mol. The lowest BCUT2D eigenvalue weighted by Crippen LogP contribution is -2.30. The quantitative estimate of drug-likeness (QED) is 0.907. The average Bonchev–Trinajstić information content (AvgIpc) is 2.79. The first-order valence-corrected chi connectivity index (χ1v) is 6.52. The van der Waals surface area contributed by atoms with Gasteiger partial charge in [0.15, 0.2) is 0 Å². The lowest BCUT2D eigenvalue weighted by atomic mass is 10.2. The molecular formula is C12H13ClN2OS. The van der Waals surface area contributed by atoms with E-state index >= 15 is 0 Å². The molecule has 0 fully saturated rings. The molecule has 2 rings (SSSR count). The molecule has 3 nitrogen and oxygen atoms in total. The molecule has 0 saturated heterocycles. The highest BCUT2D eigenvalue weighted by Gasteiger charge is 2.07. The van der Waals surface area contributed by atoms with Crippen molar-refractivity contribution in [2.75, 3.05) is 6.61 Å². The first-order chi connectivity index (χ1) is 8.24. The van der Waals surface area contributed by atoms with Crippen LogP contribution >= 0.6 is 22.9 Å². The van der Waals surface area contributed by atoms with Gasteiger partial charge in [-0.1, -0.05) is 17.7 Å². The summed E-state index contributed by atoms with van der Waals surface area (Å²) in [5, 5.41) is 3.64. The Bertz CT molecular complexity index is 461. The highest BCUT2D eigenvalue weighted by atomic mass is 35.5. The minimum absolute atomic E-state index is 0.0554. The van der Waals surface area contributed by atoms with E-state index in [-0.39, 0.29) is 6.04 Å². The van der Waals surface area contributed by atoms with Gasteiger partial charge in [-0.05, 0) is 18.2 Å². The zero-order chi connectivity index (χ0) is 12.1. The van der Waals surface area contributed by atoms with Gasteiger partial charge in [0.25, 0.3) is 0 Å². The number of thiazole rings is 1. The van der Waals surface area contributed by atoms with Gasteiger partial charge in [0.2, 0.25) is 0 Å². The normalized spacial score (nSPS) is 12.4. The number of nitrogens with zero attached hydrogens (tertiary/aromatic N) is 1. The van der Waals surface area contributed by atoms with Crippen molar-refractivity contribution in [2.45, 2.75) is 12.5 Å². The smallest absolute Gasteiger partial charge is 0.120 e. The van der Waals surface area contributed by atoms with Crippen molar-refractivity contribution >= 4 is 22.9 Å². The number of ether oxygens (including phenoxy) is 1. The summed E-state index contributed by atoms with van der Waals surface area (Å²) in [6.07, 6.45) is 2.52. The summed E-state index contributed by atoms with van der Waals surface area (Å²) in [6, 6.07) is 7.24. The minimum atomic E-state index is -0.0554. The predicted molar refractivity (Wildman–Crippen MR) is 70.7 cm³/mol. The maximum atomic E-state index is 5.96. The number of hydrogen-bond acceptors (Lipinski definition) is 4. The van der Waals surface area contributed by atoms with Gasteiger partial charge in [0, 0.05) is 29.1 Å². The monoisotopic (exact) mass is 268 g/mol. The van der Waals surface area contributed by atoms with Gasteiger partial charge < -0.3 is 10.5 Å². The van der Waals surface area contributed by atoms with E-state index in [1.54, 1.807) is 23.6 Å². The summed E-state index contributed by atoms with van der Waals surface area (Å²) in [5.41, 5.74) is 5.96. The molecule has 1 aromatic carbocycles. The topological polar surface area (TPSA) is 48.1 Å². The van der Waals surface area contributed by atoms with E-state index in [1.165, 1.54) is 0 Å². The Morgan fingerprint density at radius 3 is 3.06 bits per heavy atom. The van der Waals surface area contributed by atoms with Gasteiger partial charge in [-0.2, -0.15) is 0 Å². The van der Waals surface area contributed by atoms with Gasteiger partial charge in [0.05, 0.1) is 5.01 Å². The molecule has 2 aromatic rings. The molecule has 0 saturated carbocycles. The molecule has 90 valence electrons. The molecule has 0 aliphatic carbocycles. The van der Waals surface area contributed by atoms with Crippen LogP contribution in [0.4, 0.5) is 0 Å². The lowest BCUT2D eigenvalue weighted by molar-refractivity contribution is 0.287. The van der Waals surface area contributed by atoms with Crippen molar-refractivity contribution in [3.63, 3.8) is 0 Å². The summed E-state index contributed by atoms with van der Waals surface area (Å²) in [7, 11) is 0. The van der Waals surface area contributed by atoms with E-state index in [0.717, 1.165) is 17.2 Å². The highest BCUT2D eigenvalue weighted by Crippen LogP contribution is 2.17. The van der Waals surface area contributed by atoms with Gasteiger partial charge >= 0.3 is 0 Å². The van der Waals surface area contributed by atoms with Crippen molar-refractivity contribution in [3.8, 4) is 5.75 Å². The van der Waals surface area contributed by atoms with E-state index in [4.69, 9.17) is 22.1 Å². The second-order valence-electron chi connectivity index (χ2n) is 3.66. The van der Waals surface area contributed by atoms with Crippen LogP contribution in [0.1, 0.15) is 5.01 Å².